The number of hydrogen-bond donors (Lipinski definition) is 1. The van der Waals surface area contributed by atoms with Crippen molar-refractivity contribution in [1.29, 1.82) is 0 Å². The van der Waals surface area contributed by atoms with Gasteiger partial charge in [0.25, 0.3) is 0 Å². The zero-order chi connectivity index (χ0) is 19.6. The fourth-order valence-corrected chi connectivity index (χ4v) is 3.65. The Labute approximate surface area is 166 Å². The normalized spacial score (nSPS) is 25.5. The molecule has 4 heterocycles. The van der Waals surface area contributed by atoms with E-state index in [-0.39, 0.29) is 24.9 Å². The van der Waals surface area contributed by atoms with Gasteiger partial charge in [-0.3, -0.25) is 10.3 Å². The van der Waals surface area contributed by atoms with E-state index in [0.717, 1.165) is 5.69 Å². The molecule has 1 N–H and O–H groups in total. The number of fused-ring (bicyclic) bond motifs is 1. The number of nitrogens with one attached hydrogen (secondary N) is 1. The first-order valence-electron chi connectivity index (χ1n) is 9.37. The summed E-state index contributed by atoms with van der Waals surface area (Å²) in [6, 6.07) is 14.6. The SMILES string of the molecule is O=C(Nc1ccccc1)OC1COC2C1OCC2n1cc(-c2ccccn2)nn1. The van der Waals surface area contributed by atoms with E-state index in [1.165, 1.54) is 0 Å². The largest absolute Gasteiger partial charge is 0.441 e. The van der Waals surface area contributed by atoms with Crippen molar-refractivity contribution < 1.29 is 19.0 Å². The third kappa shape index (κ3) is 3.57. The zero-order valence-corrected chi connectivity index (χ0v) is 15.4. The molecule has 0 radical (unpaired) electrons. The lowest BCUT2D eigenvalue weighted by molar-refractivity contribution is 0.00771. The number of amides is 1. The number of ether oxygens (including phenoxy) is 3. The molecule has 9 nitrogen and oxygen atoms in total. The topological polar surface area (TPSA) is 100 Å². The number of nitrogens with zero attached hydrogens (tertiary/aromatic N) is 4. The van der Waals surface area contributed by atoms with Crippen LogP contribution in [0.2, 0.25) is 0 Å². The van der Waals surface area contributed by atoms with Crippen molar-refractivity contribution in [2.75, 3.05) is 18.5 Å². The van der Waals surface area contributed by atoms with Crippen LogP contribution < -0.4 is 5.32 Å². The monoisotopic (exact) mass is 393 g/mol. The number of benzene rings is 1. The number of anilines is 1. The van der Waals surface area contributed by atoms with E-state index in [1.54, 1.807) is 23.0 Å². The number of carbonyl (C=O) groups is 1. The summed E-state index contributed by atoms with van der Waals surface area (Å²) >= 11 is 0. The highest BCUT2D eigenvalue weighted by molar-refractivity contribution is 5.84. The highest BCUT2D eigenvalue weighted by Crippen LogP contribution is 2.35. The molecule has 2 saturated heterocycles. The van der Waals surface area contributed by atoms with Crippen LogP contribution >= 0.6 is 0 Å². The summed E-state index contributed by atoms with van der Waals surface area (Å²) < 4.78 is 19.0. The fourth-order valence-electron chi connectivity index (χ4n) is 3.65. The molecule has 0 aliphatic carbocycles. The summed E-state index contributed by atoms with van der Waals surface area (Å²) in [6.07, 6.45) is 1.93. The molecular formula is C20H19N5O4. The molecule has 4 atom stereocenters. The van der Waals surface area contributed by atoms with Gasteiger partial charge in [-0.05, 0) is 24.3 Å². The summed E-state index contributed by atoms with van der Waals surface area (Å²) in [5.74, 6) is 0. The van der Waals surface area contributed by atoms with Gasteiger partial charge >= 0.3 is 6.09 Å². The van der Waals surface area contributed by atoms with Crippen LogP contribution in [-0.2, 0) is 14.2 Å². The van der Waals surface area contributed by atoms with Crippen molar-refractivity contribution >= 4 is 11.8 Å². The Morgan fingerprint density at radius 3 is 2.69 bits per heavy atom. The van der Waals surface area contributed by atoms with E-state index < -0.39 is 12.2 Å². The lowest BCUT2D eigenvalue weighted by atomic mass is 10.1. The maximum absolute atomic E-state index is 12.2. The minimum Gasteiger partial charge on any atom is -0.441 e. The third-order valence-corrected chi connectivity index (χ3v) is 5.04. The average molecular weight is 393 g/mol. The summed E-state index contributed by atoms with van der Waals surface area (Å²) in [6.45, 7) is 0.677. The van der Waals surface area contributed by atoms with Gasteiger partial charge in [-0.15, -0.1) is 5.10 Å². The van der Waals surface area contributed by atoms with Crippen LogP contribution in [0, 0.1) is 0 Å². The first-order chi connectivity index (χ1) is 14.3. The highest BCUT2D eigenvalue weighted by atomic mass is 16.6. The number of rotatable bonds is 4. The van der Waals surface area contributed by atoms with Crippen LogP contribution in [0.4, 0.5) is 10.5 Å². The maximum atomic E-state index is 12.2. The molecule has 2 aliphatic heterocycles. The van der Waals surface area contributed by atoms with Crippen LogP contribution in [0.5, 0.6) is 0 Å². The molecule has 1 amide bonds. The van der Waals surface area contributed by atoms with Gasteiger partial charge in [-0.1, -0.05) is 29.5 Å². The number of aromatic nitrogens is 4. The lowest BCUT2D eigenvalue weighted by Crippen LogP contribution is -2.34. The van der Waals surface area contributed by atoms with Crippen LogP contribution in [0.25, 0.3) is 11.4 Å². The zero-order valence-electron chi connectivity index (χ0n) is 15.4. The number of carbonyl (C=O) groups excluding carboxylic acids is 1. The molecule has 0 bridgehead atoms. The predicted molar refractivity (Wildman–Crippen MR) is 102 cm³/mol. The van der Waals surface area contributed by atoms with Crippen molar-refractivity contribution in [2.24, 2.45) is 0 Å². The molecule has 5 rings (SSSR count). The van der Waals surface area contributed by atoms with Crippen LogP contribution in [-0.4, -0.2) is 57.6 Å². The standard InChI is InChI=1S/C20H19N5O4/c26-20(22-13-6-2-1-3-7-13)29-17-12-28-18-16(11-27-19(17)18)25-10-15(23-24-25)14-8-4-5-9-21-14/h1-10,16-19H,11-12H2,(H,22,26). The van der Waals surface area contributed by atoms with E-state index in [9.17, 15) is 4.79 Å². The molecule has 9 heteroatoms. The van der Waals surface area contributed by atoms with Crippen molar-refractivity contribution in [3.05, 3.63) is 60.9 Å². The molecular weight excluding hydrogens is 374 g/mol. The molecule has 2 aliphatic rings. The first kappa shape index (κ1) is 17.8. The minimum atomic E-state index is -0.532. The molecule has 2 aromatic heterocycles. The van der Waals surface area contributed by atoms with Crippen LogP contribution in [0.3, 0.4) is 0 Å². The second-order valence-corrected chi connectivity index (χ2v) is 6.90. The fraction of sp³-hybridized carbons (Fsp3) is 0.300. The Balaban J connectivity index is 1.24. The van der Waals surface area contributed by atoms with Gasteiger partial charge in [0.2, 0.25) is 0 Å². The molecule has 1 aromatic carbocycles. The van der Waals surface area contributed by atoms with Gasteiger partial charge in [0.05, 0.1) is 25.1 Å². The van der Waals surface area contributed by atoms with Crippen LogP contribution in [0.1, 0.15) is 6.04 Å². The molecule has 3 aromatic rings. The van der Waals surface area contributed by atoms with E-state index in [4.69, 9.17) is 14.2 Å². The Morgan fingerprint density at radius 2 is 1.86 bits per heavy atom. The smallest absolute Gasteiger partial charge is 0.412 e. The summed E-state index contributed by atoms with van der Waals surface area (Å²) in [4.78, 5) is 16.5. The van der Waals surface area contributed by atoms with Crippen molar-refractivity contribution in [1.82, 2.24) is 20.0 Å². The van der Waals surface area contributed by atoms with Gasteiger partial charge in [-0.2, -0.15) is 0 Å². The van der Waals surface area contributed by atoms with E-state index in [2.05, 4.69) is 20.6 Å². The summed E-state index contributed by atoms with van der Waals surface area (Å²) in [5, 5.41) is 11.1. The van der Waals surface area contributed by atoms with Gasteiger partial charge in [-0.25, -0.2) is 9.48 Å². The first-order valence-corrected chi connectivity index (χ1v) is 9.37. The highest BCUT2D eigenvalue weighted by Gasteiger charge is 2.50. The lowest BCUT2D eigenvalue weighted by Gasteiger charge is -2.17. The minimum absolute atomic E-state index is 0.143. The number of hydrogen-bond acceptors (Lipinski definition) is 7. The second kappa shape index (κ2) is 7.61. The van der Waals surface area contributed by atoms with E-state index in [1.807, 2.05) is 42.6 Å². The Bertz CT molecular complexity index is 981. The van der Waals surface area contributed by atoms with Crippen molar-refractivity contribution in [3.63, 3.8) is 0 Å². The van der Waals surface area contributed by atoms with Crippen molar-refractivity contribution in [2.45, 2.75) is 24.4 Å². The van der Waals surface area contributed by atoms with Gasteiger partial charge in [0.15, 0.2) is 6.10 Å². The Morgan fingerprint density at radius 1 is 1.03 bits per heavy atom. The molecule has 4 unspecified atom stereocenters. The molecule has 2 fully saturated rings. The van der Waals surface area contributed by atoms with Gasteiger partial charge < -0.3 is 14.2 Å². The summed E-state index contributed by atoms with van der Waals surface area (Å²) in [5.41, 5.74) is 2.10. The van der Waals surface area contributed by atoms with Crippen LogP contribution in [0.15, 0.2) is 60.9 Å². The number of para-hydroxylation sites is 1. The Kier molecular flexibility index (Phi) is 4.66. The quantitative estimate of drug-likeness (QED) is 0.726. The van der Waals surface area contributed by atoms with E-state index in [0.29, 0.717) is 18.0 Å². The molecule has 0 spiro atoms. The van der Waals surface area contributed by atoms with E-state index >= 15 is 0 Å². The average Bonchev–Trinajstić information content (AvgIpc) is 3.47. The Hall–Kier alpha value is -3.30. The number of pyridine rings is 1. The second-order valence-electron chi connectivity index (χ2n) is 6.90. The predicted octanol–water partition coefficient (Wildman–Crippen LogP) is 2.30. The molecule has 0 saturated carbocycles. The third-order valence-electron chi connectivity index (χ3n) is 5.04. The molecule has 29 heavy (non-hydrogen) atoms. The summed E-state index contributed by atoms with van der Waals surface area (Å²) in [7, 11) is 0. The van der Waals surface area contributed by atoms with Gasteiger partial charge in [0.1, 0.15) is 23.9 Å². The van der Waals surface area contributed by atoms with Crippen molar-refractivity contribution in [3.8, 4) is 11.4 Å². The van der Waals surface area contributed by atoms with Gasteiger partial charge in [0, 0.05) is 11.9 Å². The molecule has 148 valence electrons. The maximum Gasteiger partial charge on any atom is 0.412 e.